The van der Waals surface area contributed by atoms with E-state index in [1.54, 1.807) is 0 Å². The van der Waals surface area contributed by atoms with Gasteiger partial charge in [-0.1, -0.05) is 23.2 Å². The maximum atomic E-state index is 12.0. The normalized spacial score (nSPS) is 19.8. The van der Waals surface area contributed by atoms with E-state index >= 15 is 0 Å². The summed E-state index contributed by atoms with van der Waals surface area (Å²) in [5.74, 6) is 0. The molecule has 1 atom stereocenters. The molecule has 1 heterocycles. The summed E-state index contributed by atoms with van der Waals surface area (Å²) in [6, 6.07) is 4.25. The molecular weight excluding hydrogens is 309 g/mol. The predicted molar refractivity (Wildman–Crippen MR) is 75.2 cm³/mol. The van der Waals surface area contributed by atoms with Crippen molar-refractivity contribution in [3.8, 4) is 0 Å². The summed E-state index contributed by atoms with van der Waals surface area (Å²) < 4.78 is 32.0. The zero-order valence-corrected chi connectivity index (χ0v) is 12.6. The van der Waals surface area contributed by atoms with Gasteiger partial charge in [0.1, 0.15) is 0 Å². The van der Waals surface area contributed by atoms with Crippen LogP contribution in [0.3, 0.4) is 0 Å². The summed E-state index contributed by atoms with van der Waals surface area (Å²) in [4.78, 5) is 0.120. The molecule has 1 aromatic carbocycles. The van der Waals surface area contributed by atoms with Gasteiger partial charge in [-0.05, 0) is 37.5 Å². The number of benzene rings is 1. The van der Waals surface area contributed by atoms with Gasteiger partial charge in [0.05, 0.1) is 21.0 Å². The highest BCUT2D eigenvalue weighted by molar-refractivity contribution is 7.89. The second kappa shape index (κ2) is 6.41. The molecule has 4 nitrogen and oxygen atoms in total. The summed E-state index contributed by atoms with van der Waals surface area (Å²) in [5, 5.41) is 0.559. The van der Waals surface area contributed by atoms with Crippen LogP contribution in [0.1, 0.15) is 19.3 Å². The molecule has 1 saturated heterocycles. The van der Waals surface area contributed by atoms with Crippen LogP contribution < -0.4 is 4.72 Å². The van der Waals surface area contributed by atoms with Crippen LogP contribution in [0.2, 0.25) is 10.0 Å². The first kappa shape index (κ1) is 15.1. The smallest absolute Gasteiger partial charge is 0.240 e. The molecule has 1 unspecified atom stereocenters. The fraction of sp³-hybridized carbons (Fsp3) is 0.500. The minimum Gasteiger partial charge on any atom is -0.378 e. The van der Waals surface area contributed by atoms with E-state index in [1.807, 2.05) is 0 Å². The largest absolute Gasteiger partial charge is 0.378 e. The van der Waals surface area contributed by atoms with Gasteiger partial charge in [0, 0.05) is 13.2 Å². The Morgan fingerprint density at radius 1 is 1.32 bits per heavy atom. The maximum absolute atomic E-state index is 12.0. The molecule has 0 radical (unpaired) electrons. The molecule has 2 rings (SSSR count). The highest BCUT2D eigenvalue weighted by atomic mass is 35.5. The lowest BCUT2D eigenvalue weighted by molar-refractivity contribution is 0.105. The Bertz CT molecular complexity index is 542. The lowest BCUT2D eigenvalue weighted by atomic mass is 10.2. The first-order valence-electron chi connectivity index (χ1n) is 6.05. The van der Waals surface area contributed by atoms with Gasteiger partial charge in [-0.2, -0.15) is 0 Å². The van der Waals surface area contributed by atoms with Crippen LogP contribution in [0, 0.1) is 0 Å². The van der Waals surface area contributed by atoms with Crippen LogP contribution in [0.25, 0.3) is 0 Å². The van der Waals surface area contributed by atoms with E-state index in [1.165, 1.54) is 18.2 Å². The molecule has 1 aliphatic rings. The third-order valence-corrected chi connectivity index (χ3v) is 5.18. The molecule has 1 fully saturated rings. The van der Waals surface area contributed by atoms with E-state index < -0.39 is 10.0 Å². The van der Waals surface area contributed by atoms with Gasteiger partial charge in [-0.3, -0.25) is 0 Å². The quantitative estimate of drug-likeness (QED) is 0.906. The molecule has 0 amide bonds. The van der Waals surface area contributed by atoms with Crippen molar-refractivity contribution in [2.75, 3.05) is 13.2 Å². The monoisotopic (exact) mass is 323 g/mol. The summed E-state index contributed by atoms with van der Waals surface area (Å²) in [7, 11) is -3.54. The second-order valence-corrected chi connectivity index (χ2v) is 6.98. The van der Waals surface area contributed by atoms with Crippen molar-refractivity contribution in [1.82, 2.24) is 4.72 Å². The SMILES string of the molecule is O=S(=O)(NCCC1CCCO1)c1ccc(Cl)c(Cl)c1. The van der Waals surface area contributed by atoms with Gasteiger partial charge in [-0.15, -0.1) is 0 Å². The summed E-state index contributed by atoms with van der Waals surface area (Å²) in [6.45, 7) is 1.12. The number of rotatable bonds is 5. The third-order valence-electron chi connectivity index (χ3n) is 2.98. The van der Waals surface area contributed by atoms with Crippen LogP contribution in [0.4, 0.5) is 0 Å². The van der Waals surface area contributed by atoms with Crippen molar-refractivity contribution in [2.45, 2.75) is 30.3 Å². The Labute approximate surface area is 123 Å². The zero-order valence-electron chi connectivity index (χ0n) is 10.2. The van der Waals surface area contributed by atoms with E-state index in [0.29, 0.717) is 18.0 Å². The summed E-state index contributed by atoms with van der Waals surface area (Å²) in [6.07, 6.45) is 2.88. The zero-order chi connectivity index (χ0) is 13.9. The minimum absolute atomic E-state index is 0.120. The number of ether oxygens (including phenoxy) is 1. The first-order chi connectivity index (χ1) is 8.99. The summed E-state index contributed by atoms with van der Waals surface area (Å²) >= 11 is 11.6. The molecule has 0 saturated carbocycles. The fourth-order valence-corrected chi connectivity index (χ4v) is 3.39. The molecule has 0 bridgehead atoms. The van der Waals surface area contributed by atoms with Gasteiger partial charge in [0.2, 0.25) is 10.0 Å². The molecule has 0 aromatic heterocycles. The van der Waals surface area contributed by atoms with Gasteiger partial charge in [0.25, 0.3) is 0 Å². The maximum Gasteiger partial charge on any atom is 0.240 e. The summed E-state index contributed by atoms with van der Waals surface area (Å²) in [5.41, 5.74) is 0. The average molecular weight is 324 g/mol. The number of hydrogen-bond acceptors (Lipinski definition) is 3. The lowest BCUT2D eigenvalue weighted by Gasteiger charge is -2.11. The third kappa shape index (κ3) is 4.07. The van der Waals surface area contributed by atoms with E-state index in [9.17, 15) is 8.42 Å². The van der Waals surface area contributed by atoms with Crippen LogP contribution in [0.15, 0.2) is 23.1 Å². The Kier molecular flexibility index (Phi) is 5.09. The van der Waals surface area contributed by atoms with Crippen molar-refractivity contribution in [1.29, 1.82) is 0 Å². The van der Waals surface area contributed by atoms with Crippen LogP contribution >= 0.6 is 23.2 Å². The van der Waals surface area contributed by atoms with Gasteiger partial charge >= 0.3 is 0 Å². The number of hydrogen-bond donors (Lipinski definition) is 1. The number of halogens is 2. The van der Waals surface area contributed by atoms with Gasteiger partial charge in [0.15, 0.2) is 0 Å². The van der Waals surface area contributed by atoms with E-state index in [0.717, 1.165) is 19.4 Å². The number of nitrogens with one attached hydrogen (secondary N) is 1. The molecule has 106 valence electrons. The standard InChI is InChI=1S/C12H15Cl2NO3S/c13-11-4-3-10(8-12(11)14)19(16,17)15-6-5-9-2-1-7-18-9/h3-4,8-9,15H,1-2,5-7H2. The van der Waals surface area contributed by atoms with E-state index in [2.05, 4.69) is 4.72 Å². The van der Waals surface area contributed by atoms with E-state index in [-0.39, 0.29) is 16.0 Å². The topological polar surface area (TPSA) is 55.4 Å². The fourth-order valence-electron chi connectivity index (χ4n) is 1.95. The van der Waals surface area contributed by atoms with Crippen molar-refractivity contribution in [3.05, 3.63) is 28.2 Å². The van der Waals surface area contributed by atoms with Crippen LogP contribution in [-0.4, -0.2) is 27.7 Å². The second-order valence-electron chi connectivity index (χ2n) is 4.40. The predicted octanol–water partition coefficient (Wildman–Crippen LogP) is 2.84. The molecule has 1 aliphatic heterocycles. The Hall–Kier alpha value is -0.330. The Balaban J connectivity index is 1.95. The Morgan fingerprint density at radius 2 is 2.11 bits per heavy atom. The number of sulfonamides is 1. The van der Waals surface area contributed by atoms with Crippen molar-refractivity contribution in [2.24, 2.45) is 0 Å². The molecular formula is C12H15Cl2NO3S. The van der Waals surface area contributed by atoms with Crippen molar-refractivity contribution in [3.63, 3.8) is 0 Å². The highest BCUT2D eigenvalue weighted by Crippen LogP contribution is 2.24. The molecule has 0 spiro atoms. The Morgan fingerprint density at radius 3 is 2.74 bits per heavy atom. The molecule has 19 heavy (non-hydrogen) atoms. The minimum atomic E-state index is -3.54. The van der Waals surface area contributed by atoms with E-state index in [4.69, 9.17) is 27.9 Å². The van der Waals surface area contributed by atoms with Crippen molar-refractivity contribution < 1.29 is 13.2 Å². The first-order valence-corrected chi connectivity index (χ1v) is 8.29. The van der Waals surface area contributed by atoms with Gasteiger partial charge < -0.3 is 4.74 Å². The van der Waals surface area contributed by atoms with Gasteiger partial charge in [-0.25, -0.2) is 13.1 Å². The molecule has 1 aromatic rings. The highest BCUT2D eigenvalue weighted by Gasteiger charge is 2.18. The molecule has 1 N–H and O–H groups in total. The van der Waals surface area contributed by atoms with Crippen molar-refractivity contribution >= 4 is 33.2 Å². The molecule has 7 heteroatoms. The molecule has 0 aliphatic carbocycles. The average Bonchev–Trinajstić information content (AvgIpc) is 2.85. The lowest BCUT2D eigenvalue weighted by Crippen LogP contribution is -2.27. The van der Waals surface area contributed by atoms with Crippen LogP contribution in [0.5, 0.6) is 0 Å². The van der Waals surface area contributed by atoms with Crippen LogP contribution in [-0.2, 0) is 14.8 Å².